The van der Waals surface area contributed by atoms with Crippen molar-refractivity contribution in [1.29, 1.82) is 0 Å². The van der Waals surface area contributed by atoms with E-state index in [2.05, 4.69) is 10.6 Å². The molecule has 6 nitrogen and oxygen atoms in total. The molecule has 0 heterocycles. The van der Waals surface area contributed by atoms with Crippen LogP contribution < -0.4 is 10.6 Å². The van der Waals surface area contributed by atoms with Gasteiger partial charge in [0.1, 0.15) is 5.41 Å². The minimum Gasteiger partial charge on any atom is -0.388 e. The number of amides is 2. The fraction of sp³-hybridized carbons (Fsp3) is 0.931. The highest BCUT2D eigenvalue weighted by atomic mass is 16.3. The summed E-state index contributed by atoms with van der Waals surface area (Å²) in [5.41, 5.74) is -4.30. The van der Waals surface area contributed by atoms with E-state index in [1.807, 2.05) is 69.2 Å². The molecule has 0 saturated carbocycles. The molecule has 208 valence electrons. The lowest BCUT2D eigenvalue weighted by atomic mass is 9.71. The predicted molar refractivity (Wildman–Crippen MR) is 146 cm³/mol. The van der Waals surface area contributed by atoms with Crippen LogP contribution >= 0.6 is 0 Å². The van der Waals surface area contributed by atoms with E-state index in [9.17, 15) is 19.8 Å². The fourth-order valence-corrected chi connectivity index (χ4v) is 5.60. The molecule has 0 aliphatic carbocycles. The minimum atomic E-state index is -1.38. The molecule has 4 N–H and O–H groups in total. The SMILES string of the molecule is CCCC(O)(CCC)[C@H](NC(=O)C(C)(C)C(=O)N[C@H](C(C)(C)C)C(O)(CCC)CCC)C(C)(C)C. The van der Waals surface area contributed by atoms with Gasteiger partial charge in [0, 0.05) is 0 Å². The van der Waals surface area contributed by atoms with Gasteiger partial charge in [-0.15, -0.1) is 0 Å². The van der Waals surface area contributed by atoms with Gasteiger partial charge < -0.3 is 20.8 Å². The van der Waals surface area contributed by atoms with Gasteiger partial charge in [0.05, 0.1) is 23.3 Å². The van der Waals surface area contributed by atoms with Crippen molar-refractivity contribution in [1.82, 2.24) is 10.6 Å². The maximum Gasteiger partial charge on any atom is 0.235 e. The molecule has 2 amide bonds. The van der Waals surface area contributed by atoms with E-state index in [1.54, 1.807) is 13.8 Å². The van der Waals surface area contributed by atoms with E-state index < -0.39 is 51.3 Å². The van der Waals surface area contributed by atoms with E-state index in [0.717, 1.165) is 25.7 Å². The highest BCUT2D eigenvalue weighted by Gasteiger charge is 2.49. The highest BCUT2D eigenvalue weighted by molar-refractivity contribution is 6.04. The Kier molecular flexibility index (Phi) is 12.5. The van der Waals surface area contributed by atoms with E-state index in [4.69, 9.17) is 0 Å². The molecule has 0 aromatic rings. The third-order valence-electron chi connectivity index (χ3n) is 7.22. The summed E-state index contributed by atoms with van der Waals surface area (Å²) in [6, 6.07) is -1.02. The van der Waals surface area contributed by atoms with Gasteiger partial charge in [-0.1, -0.05) is 94.9 Å². The number of carbonyl (C=O) groups is 2. The average molecular weight is 499 g/mol. The van der Waals surface area contributed by atoms with Gasteiger partial charge in [0.15, 0.2) is 0 Å². The standard InChI is InChI=1S/C29H58N2O4/c1-13-17-28(34,18-14-2)21(25(5,6)7)30-23(32)27(11,12)24(33)31-22(26(8,9)10)29(35,19-15-3)20-16-4/h21-22,34-35H,13-20H2,1-12H3,(H,30,32)(H,31,33)/t21-,22-/m1/s1. The Balaban J connectivity index is 6.12. The predicted octanol–water partition coefficient (Wildman–Crippen LogP) is 5.74. The zero-order valence-electron chi connectivity index (χ0n) is 25.0. The monoisotopic (exact) mass is 498 g/mol. The van der Waals surface area contributed by atoms with Crippen LogP contribution in [0.2, 0.25) is 0 Å². The first-order valence-electron chi connectivity index (χ1n) is 13.8. The van der Waals surface area contributed by atoms with Crippen molar-refractivity contribution >= 4 is 11.8 Å². The molecular formula is C29H58N2O4. The molecule has 0 radical (unpaired) electrons. The summed E-state index contributed by atoms with van der Waals surface area (Å²) in [4.78, 5) is 27.2. The van der Waals surface area contributed by atoms with Gasteiger partial charge in [0.2, 0.25) is 11.8 Å². The lowest BCUT2D eigenvalue weighted by Crippen LogP contribution is -2.64. The Labute approximate surface area is 216 Å². The summed E-state index contributed by atoms with van der Waals surface area (Å²) in [5, 5.41) is 29.3. The Morgan fingerprint density at radius 1 is 0.571 bits per heavy atom. The Morgan fingerprint density at radius 2 is 0.800 bits per heavy atom. The topological polar surface area (TPSA) is 98.7 Å². The van der Waals surface area contributed by atoms with Gasteiger partial charge in [-0.05, 0) is 50.4 Å². The van der Waals surface area contributed by atoms with Crippen LogP contribution in [-0.4, -0.2) is 45.3 Å². The van der Waals surface area contributed by atoms with Crippen LogP contribution in [0.4, 0.5) is 0 Å². The van der Waals surface area contributed by atoms with Crippen LogP contribution in [-0.2, 0) is 9.59 Å². The second kappa shape index (κ2) is 12.9. The third kappa shape index (κ3) is 9.03. The van der Waals surface area contributed by atoms with Gasteiger partial charge in [-0.3, -0.25) is 9.59 Å². The quantitative estimate of drug-likeness (QED) is 0.230. The number of aliphatic hydroxyl groups is 2. The Morgan fingerprint density at radius 3 is 0.971 bits per heavy atom. The van der Waals surface area contributed by atoms with Crippen molar-refractivity contribution in [3.8, 4) is 0 Å². The van der Waals surface area contributed by atoms with Crippen molar-refractivity contribution in [2.24, 2.45) is 16.2 Å². The molecule has 0 saturated heterocycles. The first-order valence-corrected chi connectivity index (χ1v) is 13.8. The van der Waals surface area contributed by atoms with Gasteiger partial charge in [-0.2, -0.15) is 0 Å². The molecule has 0 spiro atoms. The number of hydrogen-bond acceptors (Lipinski definition) is 4. The van der Waals surface area contributed by atoms with Crippen molar-refractivity contribution in [2.75, 3.05) is 0 Å². The smallest absolute Gasteiger partial charge is 0.235 e. The van der Waals surface area contributed by atoms with Gasteiger partial charge in [-0.25, -0.2) is 0 Å². The molecule has 0 aromatic carbocycles. The van der Waals surface area contributed by atoms with Crippen molar-refractivity contribution in [3.05, 3.63) is 0 Å². The van der Waals surface area contributed by atoms with Crippen LogP contribution in [0.1, 0.15) is 134 Å². The van der Waals surface area contributed by atoms with Gasteiger partial charge in [0.25, 0.3) is 0 Å². The summed E-state index contributed by atoms with van der Waals surface area (Å²) < 4.78 is 0. The highest BCUT2D eigenvalue weighted by Crippen LogP contribution is 2.37. The molecule has 0 rings (SSSR count). The maximum absolute atomic E-state index is 13.6. The molecule has 0 aromatic heterocycles. The van der Waals surface area contributed by atoms with Crippen LogP contribution in [0.25, 0.3) is 0 Å². The molecule has 0 unspecified atom stereocenters. The maximum atomic E-state index is 13.6. The molecular weight excluding hydrogens is 440 g/mol. The largest absolute Gasteiger partial charge is 0.388 e. The summed E-state index contributed by atoms with van der Waals surface area (Å²) in [7, 11) is 0. The van der Waals surface area contributed by atoms with E-state index in [0.29, 0.717) is 25.7 Å². The summed E-state index contributed by atoms with van der Waals surface area (Å²) in [6.45, 7) is 23.4. The normalized spacial score (nSPS) is 15.5. The first-order chi connectivity index (χ1) is 15.8. The van der Waals surface area contributed by atoms with Gasteiger partial charge >= 0.3 is 0 Å². The zero-order valence-corrected chi connectivity index (χ0v) is 25.0. The van der Waals surface area contributed by atoms with E-state index in [-0.39, 0.29) is 0 Å². The lowest BCUT2D eigenvalue weighted by Gasteiger charge is -2.46. The lowest BCUT2D eigenvalue weighted by molar-refractivity contribution is -0.148. The molecule has 0 fully saturated rings. The van der Waals surface area contributed by atoms with Crippen molar-refractivity contribution < 1.29 is 19.8 Å². The Bertz CT molecular complexity index is 605. The minimum absolute atomic E-state index is 0.405. The molecule has 0 bridgehead atoms. The number of rotatable bonds is 14. The second-order valence-electron chi connectivity index (χ2n) is 13.4. The first kappa shape index (κ1) is 33.9. The summed E-state index contributed by atoms with van der Waals surface area (Å²) in [6.07, 6.45) is 5.47. The third-order valence-corrected chi connectivity index (χ3v) is 7.22. The van der Waals surface area contributed by atoms with E-state index >= 15 is 0 Å². The molecule has 0 aliphatic rings. The van der Waals surface area contributed by atoms with Crippen molar-refractivity contribution in [3.63, 3.8) is 0 Å². The molecule has 35 heavy (non-hydrogen) atoms. The summed E-state index contributed by atoms with van der Waals surface area (Å²) in [5.74, 6) is -0.828. The zero-order chi connectivity index (χ0) is 27.9. The number of nitrogens with one attached hydrogen (secondary N) is 2. The molecule has 2 atom stereocenters. The Hall–Kier alpha value is -1.14. The van der Waals surface area contributed by atoms with Crippen molar-refractivity contribution in [2.45, 2.75) is 158 Å². The second-order valence-corrected chi connectivity index (χ2v) is 13.4. The fourth-order valence-electron chi connectivity index (χ4n) is 5.60. The molecule has 0 aliphatic heterocycles. The van der Waals surface area contributed by atoms with Crippen LogP contribution in [0.5, 0.6) is 0 Å². The number of carbonyl (C=O) groups excluding carboxylic acids is 2. The van der Waals surface area contributed by atoms with Crippen LogP contribution in [0.3, 0.4) is 0 Å². The summed E-state index contributed by atoms with van der Waals surface area (Å²) >= 11 is 0. The number of hydrogen-bond donors (Lipinski definition) is 4. The van der Waals surface area contributed by atoms with E-state index in [1.165, 1.54) is 0 Å². The molecule has 6 heteroatoms. The average Bonchev–Trinajstić information content (AvgIpc) is 2.68. The van der Waals surface area contributed by atoms with Crippen LogP contribution in [0.15, 0.2) is 0 Å². The van der Waals surface area contributed by atoms with Crippen LogP contribution in [0, 0.1) is 16.2 Å².